The maximum Gasteiger partial charge on any atom is 0.253 e. The third kappa shape index (κ3) is 2.66. The van der Waals surface area contributed by atoms with Gasteiger partial charge in [0.25, 0.3) is 3.79 Å². The van der Waals surface area contributed by atoms with Crippen LogP contribution in [-0.2, 0) is 0 Å². The highest BCUT2D eigenvalue weighted by Crippen LogP contribution is 2.30. The number of carbonyl (C=O) groups excluding carboxylic acids is 1. The molecule has 0 aromatic carbocycles. The largest absolute Gasteiger partial charge is 0.351 e. The Labute approximate surface area is 97.7 Å². The number of rotatable bonds is 2. The number of Topliss-reactive ketones (excluding diaryl/α,β-unsaturated/α-hetero) is 1. The van der Waals surface area contributed by atoms with Crippen molar-refractivity contribution in [2.75, 3.05) is 0 Å². The van der Waals surface area contributed by atoms with Crippen molar-refractivity contribution < 1.29 is 4.79 Å². The zero-order chi connectivity index (χ0) is 10.9. The Bertz CT molecular complexity index is 338. The molecular formula is C9H10Cl3NO. The molecule has 0 saturated carbocycles. The lowest BCUT2D eigenvalue weighted by molar-refractivity contribution is 0.0996. The van der Waals surface area contributed by atoms with Crippen LogP contribution in [0.25, 0.3) is 0 Å². The van der Waals surface area contributed by atoms with Gasteiger partial charge in [-0.3, -0.25) is 4.79 Å². The first-order valence-corrected chi connectivity index (χ1v) is 5.24. The summed E-state index contributed by atoms with van der Waals surface area (Å²) in [5.41, 5.74) is 0.415. The van der Waals surface area contributed by atoms with Gasteiger partial charge in [0.1, 0.15) is 0 Å². The summed E-state index contributed by atoms with van der Waals surface area (Å²) in [5.74, 6) is -0.498. The van der Waals surface area contributed by atoms with Gasteiger partial charge in [0, 0.05) is 24.0 Å². The van der Waals surface area contributed by atoms with Crippen molar-refractivity contribution >= 4 is 40.6 Å². The van der Waals surface area contributed by atoms with E-state index in [0.29, 0.717) is 5.56 Å². The zero-order valence-electron chi connectivity index (χ0n) is 7.80. The van der Waals surface area contributed by atoms with E-state index in [-0.39, 0.29) is 6.04 Å². The molecule has 14 heavy (non-hydrogen) atoms. The molecule has 78 valence electrons. The molecule has 1 heterocycles. The van der Waals surface area contributed by atoms with Gasteiger partial charge >= 0.3 is 0 Å². The Morgan fingerprint density at radius 1 is 1.43 bits per heavy atom. The van der Waals surface area contributed by atoms with E-state index in [1.807, 2.05) is 18.4 Å². The molecule has 2 nitrogen and oxygen atoms in total. The molecular weight excluding hydrogens is 244 g/mol. The molecule has 0 fully saturated rings. The molecule has 1 aromatic rings. The highest BCUT2D eigenvalue weighted by atomic mass is 35.6. The van der Waals surface area contributed by atoms with E-state index >= 15 is 0 Å². The maximum absolute atomic E-state index is 11.5. The molecule has 0 bridgehead atoms. The Morgan fingerprint density at radius 3 is 2.36 bits per heavy atom. The van der Waals surface area contributed by atoms with Crippen molar-refractivity contribution in [1.29, 1.82) is 0 Å². The van der Waals surface area contributed by atoms with Gasteiger partial charge in [-0.05, 0) is 19.9 Å². The second kappa shape index (κ2) is 4.13. The molecule has 0 aliphatic carbocycles. The number of hydrogen-bond acceptors (Lipinski definition) is 1. The molecule has 5 heteroatoms. The van der Waals surface area contributed by atoms with E-state index in [1.165, 1.54) is 0 Å². The van der Waals surface area contributed by atoms with E-state index in [0.717, 1.165) is 0 Å². The topological polar surface area (TPSA) is 22.0 Å². The molecule has 0 amide bonds. The minimum Gasteiger partial charge on any atom is -0.351 e. The Morgan fingerprint density at radius 2 is 2.00 bits per heavy atom. The average Bonchev–Trinajstić information content (AvgIpc) is 2.48. The Balaban J connectivity index is 2.93. The van der Waals surface area contributed by atoms with E-state index in [2.05, 4.69) is 0 Å². The summed E-state index contributed by atoms with van der Waals surface area (Å²) in [4.78, 5) is 11.5. The maximum atomic E-state index is 11.5. The summed E-state index contributed by atoms with van der Waals surface area (Å²) >= 11 is 16.4. The fourth-order valence-corrected chi connectivity index (χ4v) is 1.36. The average molecular weight is 255 g/mol. The van der Waals surface area contributed by atoms with Crippen LogP contribution in [0.15, 0.2) is 18.5 Å². The van der Waals surface area contributed by atoms with Gasteiger partial charge < -0.3 is 4.57 Å². The summed E-state index contributed by atoms with van der Waals surface area (Å²) in [5, 5.41) is 0. The van der Waals surface area contributed by atoms with Crippen molar-refractivity contribution in [3.8, 4) is 0 Å². The Hall–Kier alpha value is -0.180. The van der Waals surface area contributed by atoms with Crippen LogP contribution in [0, 0.1) is 0 Å². The van der Waals surface area contributed by atoms with Crippen molar-refractivity contribution in [3.63, 3.8) is 0 Å². The second-order valence-electron chi connectivity index (χ2n) is 3.27. The van der Waals surface area contributed by atoms with Crippen molar-refractivity contribution in [1.82, 2.24) is 4.57 Å². The SMILES string of the molecule is CC(C)n1ccc(C(=O)C(Cl)(Cl)Cl)c1. The van der Waals surface area contributed by atoms with Crippen LogP contribution in [0.5, 0.6) is 0 Å². The van der Waals surface area contributed by atoms with Crippen LogP contribution in [0.1, 0.15) is 30.2 Å². The lowest BCUT2D eigenvalue weighted by atomic mass is 10.2. The van der Waals surface area contributed by atoms with Gasteiger partial charge in [-0.25, -0.2) is 0 Å². The first-order valence-electron chi connectivity index (χ1n) is 4.11. The molecule has 0 spiro atoms. The van der Waals surface area contributed by atoms with Crippen LogP contribution >= 0.6 is 34.8 Å². The predicted octanol–water partition coefficient (Wildman–Crippen LogP) is 3.62. The number of aromatic nitrogens is 1. The third-order valence-electron chi connectivity index (χ3n) is 1.83. The molecule has 1 rings (SSSR count). The van der Waals surface area contributed by atoms with Gasteiger partial charge in [0.2, 0.25) is 5.78 Å². The fraction of sp³-hybridized carbons (Fsp3) is 0.444. The van der Waals surface area contributed by atoms with Crippen LogP contribution in [-0.4, -0.2) is 14.1 Å². The predicted molar refractivity (Wildman–Crippen MR) is 59.4 cm³/mol. The third-order valence-corrected chi connectivity index (χ3v) is 2.35. The highest BCUT2D eigenvalue weighted by Gasteiger charge is 2.32. The second-order valence-corrected chi connectivity index (χ2v) is 5.55. The monoisotopic (exact) mass is 253 g/mol. The first-order chi connectivity index (χ1) is 6.32. The van der Waals surface area contributed by atoms with Gasteiger partial charge in [-0.15, -0.1) is 0 Å². The first kappa shape index (κ1) is 11.9. The number of alkyl halides is 3. The number of carbonyl (C=O) groups is 1. The molecule has 0 aliphatic rings. The van der Waals surface area contributed by atoms with Crippen molar-refractivity contribution in [3.05, 3.63) is 24.0 Å². The molecule has 0 radical (unpaired) electrons. The quantitative estimate of drug-likeness (QED) is 0.583. The van der Waals surface area contributed by atoms with Crippen molar-refractivity contribution in [2.24, 2.45) is 0 Å². The summed E-state index contributed by atoms with van der Waals surface area (Å²) < 4.78 is 0.00675. The highest BCUT2D eigenvalue weighted by molar-refractivity contribution is 6.77. The summed E-state index contributed by atoms with van der Waals surface area (Å²) in [6.07, 6.45) is 3.46. The molecule has 0 saturated heterocycles. The normalized spacial score (nSPS) is 12.1. The van der Waals surface area contributed by atoms with Gasteiger partial charge in [-0.1, -0.05) is 34.8 Å². The van der Waals surface area contributed by atoms with Crippen molar-refractivity contribution in [2.45, 2.75) is 23.7 Å². The smallest absolute Gasteiger partial charge is 0.253 e. The van der Waals surface area contributed by atoms with Gasteiger partial charge in [0.05, 0.1) is 0 Å². The molecule has 0 N–H and O–H groups in total. The van der Waals surface area contributed by atoms with Crippen LogP contribution in [0.3, 0.4) is 0 Å². The zero-order valence-corrected chi connectivity index (χ0v) is 10.1. The lowest BCUT2D eigenvalue weighted by Crippen LogP contribution is -2.18. The van der Waals surface area contributed by atoms with Gasteiger partial charge in [0.15, 0.2) is 0 Å². The Kier molecular flexibility index (Phi) is 3.51. The number of nitrogens with zero attached hydrogens (tertiary/aromatic N) is 1. The van der Waals surface area contributed by atoms with E-state index < -0.39 is 9.58 Å². The molecule has 0 atom stereocenters. The fourth-order valence-electron chi connectivity index (χ4n) is 1.03. The standard InChI is InChI=1S/C9H10Cl3NO/c1-6(2)13-4-3-7(5-13)8(14)9(10,11)12/h3-6H,1-2H3. The number of ketones is 1. The van der Waals surface area contributed by atoms with E-state index in [1.54, 1.807) is 18.5 Å². The van der Waals surface area contributed by atoms with Crippen LogP contribution in [0.2, 0.25) is 0 Å². The van der Waals surface area contributed by atoms with Gasteiger partial charge in [-0.2, -0.15) is 0 Å². The minimum atomic E-state index is -1.87. The van der Waals surface area contributed by atoms with E-state index in [9.17, 15) is 4.79 Å². The summed E-state index contributed by atoms with van der Waals surface area (Å²) in [7, 11) is 0. The van der Waals surface area contributed by atoms with E-state index in [4.69, 9.17) is 34.8 Å². The van der Waals surface area contributed by atoms with Crippen LogP contribution < -0.4 is 0 Å². The summed E-state index contributed by atoms with van der Waals surface area (Å²) in [6, 6.07) is 1.93. The minimum absolute atomic E-state index is 0.284. The molecule has 0 unspecified atom stereocenters. The summed E-state index contributed by atoms with van der Waals surface area (Å²) in [6.45, 7) is 4.01. The molecule has 0 aliphatic heterocycles. The number of halogens is 3. The lowest BCUT2D eigenvalue weighted by Gasteiger charge is -2.08. The number of hydrogen-bond donors (Lipinski definition) is 0. The van der Waals surface area contributed by atoms with Crippen LogP contribution in [0.4, 0.5) is 0 Å². The molecule has 1 aromatic heterocycles.